The van der Waals surface area contributed by atoms with Crippen molar-refractivity contribution in [3.63, 3.8) is 0 Å². The summed E-state index contributed by atoms with van der Waals surface area (Å²) in [5, 5.41) is 9.91. The molecule has 1 N–H and O–H groups in total. The highest BCUT2D eigenvalue weighted by atomic mass is 16.5. The molecule has 0 aliphatic heterocycles. The molecule has 1 aliphatic carbocycles. The third kappa shape index (κ3) is 2.02. The topological polar surface area (TPSA) is 57.2 Å². The fraction of sp³-hybridized carbons (Fsp3) is 0.600. The average molecular weight is 216 g/mol. The minimum atomic E-state index is -0.973. The van der Waals surface area contributed by atoms with Gasteiger partial charge in [-0.1, -0.05) is 0 Å². The normalized spacial score (nSPS) is 17.9. The summed E-state index contributed by atoms with van der Waals surface area (Å²) in [4.78, 5) is 0. The van der Waals surface area contributed by atoms with E-state index in [0.717, 1.165) is 0 Å². The van der Waals surface area contributed by atoms with Crippen molar-refractivity contribution < 1.29 is 24.1 Å². The Balaban J connectivity index is 3.05. The van der Waals surface area contributed by atoms with E-state index >= 15 is 0 Å². The van der Waals surface area contributed by atoms with Crippen LogP contribution in [0.1, 0.15) is 6.42 Å². The minimum Gasteiger partial charge on any atom is -0.497 e. The molecule has 15 heavy (non-hydrogen) atoms. The van der Waals surface area contributed by atoms with E-state index in [1.165, 1.54) is 28.4 Å². The summed E-state index contributed by atoms with van der Waals surface area (Å²) in [6.45, 7) is 0. The predicted molar refractivity (Wildman–Crippen MR) is 52.7 cm³/mol. The molecular weight excluding hydrogens is 200 g/mol. The molecule has 0 saturated heterocycles. The molecular formula is C10H16O5. The second-order valence-electron chi connectivity index (χ2n) is 2.97. The molecule has 86 valence electrons. The van der Waals surface area contributed by atoms with Gasteiger partial charge in [0.1, 0.15) is 11.5 Å². The lowest BCUT2D eigenvalue weighted by Gasteiger charge is -2.26. The molecule has 0 bridgehead atoms. The van der Waals surface area contributed by atoms with Gasteiger partial charge in [-0.3, -0.25) is 0 Å². The molecule has 5 heteroatoms. The van der Waals surface area contributed by atoms with Gasteiger partial charge in [-0.05, 0) is 0 Å². The summed E-state index contributed by atoms with van der Waals surface area (Å²) in [5.41, 5.74) is 0. The number of aliphatic hydroxyl groups is 1. The van der Waals surface area contributed by atoms with Crippen LogP contribution in [0.15, 0.2) is 23.0 Å². The second kappa shape index (κ2) is 4.93. The third-order valence-electron chi connectivity index (χ3n) is 2.30. The van der Waals surface area contributed by atoms with Crippen molar-refractivity contribution in [2.45, 2.75) is 12.5 Å². The van der Waals surface area contributed by atoms with Gasteiger partial charge in [-0.2, -0.15) is 0 Å². The largest absolute Gasteiger partial charge is 0.497 e. The molecule has 0 aromatic carbocycles. The molecule has 0 aromatic heterocycles. The number of hydrogen-bond donors (Lipinski definition) is 1. The molecule has 5 nitrogen and oxygen atoms in total. The van der Waals surface area contributed by atoms with Crippen molar-refractivity contribution >= 4 is 0 Å². The second-order valence-corrected chi connectivity index (χ2v) is 2.97. The first-order valence-electron chi connectivity index (χ1n) is 4.49. The quantitative estimate of drug-likeness (QED) is 0.751. The molecule has 1 rings (SSSR count). The third-order valence-corrected chi connectivity index (χ3v) is 2.30. The van der Waals surface area contributed by atoms with Crippen LogP contribution in [0.25, 0.3) is 0 Å². The number of hydrogen-bond acceptors (Lipinski definition) is 5. The van der Waals surface area contributed by atoms with E-state index in [1.807, 2.05) is 0 Å². The minimum absolute atomic E-state index is 0.357. The van der Waals surface area contributed by atoms with Crippen LogP contribution >= 0.6 is 0 Å². The van der Waals surface area contributed by atoms with Crippen LogP contribution in [0.5, 0.6) is 0 Å². The lowest BCUT2D eigenvalue weighted by molar-refractivity contribution is 0.0610. The van der Waals surface area contributed by atoms with E-state index in [2.05, 4.69) is 0 Å². The Morgan fingerprint density at radius 3 is 1.53 bits per heavy atom. The van der Waals surface area contributed by atoms with Crippen molar-refractivity contribution in [3.05, 3.63) is 23.0 Å². The van der Waals surface area contributed by atoms with Gasteiger partial charge in [0.2, 0.25) is 0 Å². The molecule has 0 saturated carbocycles. The van der Waals surface area contributed by atoms with Crippen molar-refractivity contribution in [3.8, 4) is 0 Å². The first-order chi connectivity index (χ1) is 7.19. The maximum Gasteiger partial charge on any atom is 0.175 e. The van der Waals surface area contributed by atoms with Gasteiger partial charge in [0.05, 0.1) is 34.9 Å². The molecule has 1 aliphatic rings. The fourth-order valence-electron chi connectivity index (χ4n) is 1.54. The Bertz CT molecular complexity index is 264. The van der Waals surface area contributed by atoms with Crippen molar-refractivity contribution in [2.75, 3.05) is 28.4 Å². The summed E-state index contributed by atoms with van der Waals surface area (Å²) < 4.78 is 20.4. The molecule has 0 unspecified atom stereocenters. The standard InChI is InChI=1S/C10H16O5/c1-12-6-5-7(13-2)10(15-4)8(11)9(6)14-3/h8,11H,5H2,1-4H3. The summed E-state index contributed by atoms with van der Waals surface area (Å²) in [6, 6.07) is 0. The zero-order chi connectivity index (χ0) is 11.4. The molecule has 0 radical (unpaired) electrons. The van der Waals surface area contributed by atoms with Crippen molar-refractivity contribution in [2.24, 2.45) is 0 Å². The Kier molecular flexibility index (Phi) is 3.85. The zero-order valence-corrected chi connectivity index (χ0v) is 9.36. The van der Waals surface area contributed by atoms with Gasteiger partial charge >= 0.3 is 0 Å². The number of methoxy groups -OCH3 is 4. The molecule has 0 heterocycles. The summed E-state index contributed by atoms with van der Waals surface area (Å²) in [7, 11) is 5.99. The summed E-state index contributed by atoms with van der Waals surface area (Å²) in [5.74, 6) is 1.80. The van der Waals surface area contributed by atoms with Crippen LogP contribution < -0.4 is 0 Å². The lowest BCUT2D eigenvalue weighted by Crippen LogP contribution is -2.25. The Morgan fingerprint density at radius 2 is 1.27 bits per heavy atom. The van der Waals surface area contributed by atoms with Crippen LogP contribution in [0.4, 0.5) is 0 Å². The first kappa shape index (κ1) is 11.7. The highest BCUT2D eigenvalue weighted by Gasteiger charge is 2.32. The van der Waals surface area contributed by atoms with Crippen molar-refractivity contribution in [1.29, 1.82) is 0 Å². The van der Waals surface area contributed by atoms with E-state index in [9.17, 15) is 5.11 Å². The molecule has 0 fully saturated rings. The van der Waals surface area contributed by atoms with E-state index in [1.54, 1.807) is 0 Å². The SMILES string of the molecule is COC1=C(OC)C(O)C(OC)=C(OC)C1. The number of aliphatic hydroxyl groups excluding tert-OH is 1. The molecule has 0 spiro atoms. The maximum absolute atomic E-state index is 9.91. The Morgan fingerprint density at radius 1 is 0.867 bits per heavy atom. The van der Waals surface area contributed by atoms with Gasteiger partial charge in [0.25, 0.3) is 0 Å². The van der Waals surface area contributed by atoms with Gasteiger partial charge in [-0.15, -0.1) is 0 Å². The van der Waals surface area contributed by atoms with Gasteiger partial charge in [-0.25, -0.2) is 0 Å². The number of ether oxygens (including phenoxy) is 4. The van der Waals surface area contributed by atoms with E-state index in [-0.39, 0.29) is 0 Å². The highest BCUT2D eigenvalue weighted by Crippen LogP contribution is 2.31. The van der Waals surface area contributed by atoms with E-state index in [4.69, 9.17) is 18.9 Å². The van der Waals surface area contributed by atoms with Crippen LogP contribution in [0, 0.1) is 0 Å². The summed E-state index contributed by atoms with van der Waals surface area (Å²) >= 11 is 0. The molecule has 0 amide bonds. The predicted octanol–water partition coefficient (Wildman–Crippen LogP) is 0.760. The molecule has 0 atom stereocenters. The average Bonchev–Trinajstić information content (AvgIpc) is 2.27. The first-order valence-corrected chi connectivity index (χ1v) is 4.49. The van der Waals surface area contributed by atoms with Crippen LogP contribution in [0.2, 0.25) is 0 Å². The zero-order valence-electron chi connectivity index (χ0n) is 9.36. The Labute approximate surface area is 88.9 Å². The van der Waals surface area contributed by atoms with Crippen LogP contribution in [0.3, 0.4) is 0 Å². The summed E-state index contributed by atoms with van der Waals surface area (Å²) in [6.07, 6.45) is -0.560. The smallest absolute Gasteiger partial charge is 0.175 e. The number of rotatable bonds is 4. The van der Waals surface area contributed by atoms with Gasteiger partial charge in [0, 0.05) is 0 Å². The maximum atomic E-state index is 9.91. The Hall–Kier alpha value is -1.36. The van der Waals surface area contributed by atoms with Crippen LogP contribution in [-0.4, -0.2) is 39.6 Å². The van der Waals surface area contributed by atoms with Crippen LogP contribution in [-0.2, 0) is 18.9 Å². The van der Waals surface area contributed by atoms with Gasteiger partial charge < -0.3 is 24.1 Å². The van der Waals surface area contributed by atoms with Gasteiger partial charge in [0.15, 0.2) is 17.6 Å². The lowest BCUT2D eigenvalue weighted by atomic mass is 10.1. The molecule has 0 aromatic rings. The van der Waals surface area contributed by atoms with Crippen molar-refractivity contribution in [1.82, 2.24) is 0 Å². The highest BCUT2D eigenvalue weighted by molar-refractivity contribution is 5.28. The fourth-order valence-corrected chi connectivity index (χ4v) is 1.54. The van der Waals surface area contributed by atoms with E-state index < -0.39 is 6.10 Å². The monoisotopic (exact) mass is 216 g/mol. The van der Waals surface area contributed by atoms with E-state index in [0.29, 0.717) is 29.5 Å².